The van der Waals surface area contributed by atoms with Gasteiger partial charge in [-0.1, -0.05) is 63.0 Å². The maximum Gasteiger partial charge on any atom is 0.0409 e. The van der Waals surface area contributed by atoms with Gasteiger partial charge in [0.25, 0.3) is 0 Å². The first kappa shape index (κ1) is 16.4. The highest BCUT2D eigenvalue weighted by Crippen LogP contribution is 2.56. The minimum absolute atomic E-state index is 0.0517. The van der Waals surface area contributed by atoms with E-state index in [4.69, 9.17) is 23.2 Å². The van der Waals surface area contributed by atoms with E-state index in [0.717, 1.165) is 10.0 Å². The minimum atomic E-state index is -0.0517. The highest BCUT2D eigenvalue weighted by Gasteiger charge is 2.41. The van der Waals surface area contributed by atoms with Gasteiger partial charge in [-0.05, 0) is 80.9 Å². The molecule has 130 valence electrons. The fraction of sp³-hybridized carbons (Fsp3) is 0.250. The second-order valence-electron chi connectivity index (χ2n) is 8.57. The average Bonchev–Trinajstić information content (AvgIpc) is 2.93. The second kappa shape index (κ2) is 4.94. The number of fused-ring (bicyclic) bond motifs is 6. The normalized spacial score (nSPS) is 17.5. The summed E-state index contributed by atoms with van der Waals surface area (Å²) in [4.78, 5) is 0. The Morgan fingerprint density at radius 3 is 1.23 bits per heavy atom. The summed E-state index contributed by atoms with van der Waals surface area (Å²) in [6.45, 7) is 9.18. The van der Waals surface area contributed by atoms with E-state index in [-0.39, 0.29) is 10.8 Å². The van der Waals surface area contributed by atoms with E-state index in [9.17, 15) is 0 Å². The van der Waals surface area contributed by atoms with Gasteiger partial charge in [0.15, 0.2) is 0 Å². The summed E-state index contributed by atoms with van der Waals surface area (Å²) in [5.41, 5.74) is 10.6. The predicted octanol–water partition coefficient (Wildman–Crippen LogP) is 7.61. The Kier molecular flexibility index (Phi) is 3.12. The molecule has 0 bridgehead atoms. The molecule has 0 fully saturated rings. The Labute approximate surface area is 164 Å². The molecule has 0 saturated heterocycles. The summed E-state index contributed by atoms with van der Waals surface area (Å²) in [6, 6.07) is 17.4. The third-order valence-corrected chi connectivity index (χ3v) is 6.86. The zero-order valence-electron chi connectivity index (χ0n) is 15.4. The highest BCUT2D eigenvalue weighted by atomic mass is 35.5. The van der Waals surface area contributed by atoms with Crippen molar-refractivity contribution in [3.05, 3.63) is 80.8 Å². The summed E-state index contributed by atoms with van der Waals surface area (Å²) in [6.07, 6.45) is 0. The summed E-state index contributed by atoms with van der Waals surface area (Å²) < 4.78 is 0. The average molecular weight is 379 g/mol. The number of hydrogen-bond donors (Lipinski definition) is 0. The Morgan fingerprint density at radius 1 is 0.500 bits per heavy atom. The lowest BCUT2D eigenvalue weighted by molar-refractivity contribution is 0.652. The third-order valence-electron chi connectivity index (χ3n) is 6.39. The molecule has 0 atom stereocenters. The lowest BCUT2D eigenvalue weighted by Crippen LogP contribution is -2.17. The van der Waals surface area contributed by atoms with Gasteiger partial charge in [-0.25, -0.2) is 0 Å². The summed E-state index contributed by atoms with van der Waals surface area (Å²) in [5.74, 6) is 0. The molecule has 3 aromatic rings. The predicted molar refractivity (Wildman–Crippen MR) is 112 cm³/mol. The van der Waals surface area contributed by atoms with Crippen LogP contribution in [0.1, 0.15) is 49.9 Å². The van der Waals surface area contributed by atoms with Crippen molar-refractivity contribution >= 4 is 23.2 Å². The largest absolute Gasteiger partial charge is 0.0843 e. The van der Waals surface area contributed by atoms with Crippen molar-refractivity contribution in [1.29, 1.82) is 0 Å². The molecule has 0 nitrogen and oxygen atoms in total. The van der Waals surface area contributed by atoms with Crippen LogP contribution in [0.15, 0.2) is 48.5 Å². The number of hydrogen-bond acceptors (Lipinski definition) is 0. The van der Waals surface area contributed by atoms with Crippen LogP contribution in [0.3, 0.4) is 0 Å². The van der Waals surface area contributed by atoms with E-state index >= 15 is 0 Å². The van der Waals surface area contributed by atoms with Crippen molar-refractivity contribution < 1.29 is 0 Å². The van der Waals surface area contributed by atoms with Crippen molar-refractivity contribution in [2.24, 2.45) is 0 Å². The molecule has 0 N–H and O–H groups in total. The van der Waals surface area contributed by atoms with Crippen LogP contribution in [-0.4, -0.2) is 0 Å². The molecule has 0 aliphatic heterocycles. The van der Waals surface area contributed by atoms with E-state index in [1.54, 1.807) is 0 Å². The van der Waals surface area contributed by atoms with Crippen molar-refractivity contribution in [2.75, 3.05) is 0 Å². The van der Waals surface area contributed by atoms with Crippen LogP contribution < -0.4 is 0 Å². The Morgan fingerprint density at radius 2 is 0.846 bits per heavy atom. The quantitative estimate of drug-likeness (QED) is 0.377. The summed E-state index contributed by atoms with van der Waals surface area (Å²) in [5, 5.41) is 1.61. The molecule has 5 rings (SSSR count). The molecule has 26 heavy (non-hydrogen) atoms. The van der Waals surface area contributed by atoms with Gasteiger partial charge in [0.2, 0.25) is 0 Å². The zero-order valence-corrected chi connectivity index (χ0v) is 16.9. The number of benzene rings is 3. The monoisotopic (exact) mass is 378 g/mol. The van der Waals surface area contributed by atoms with E-state index in [1.165, 1.54) is 44.5 Å². The standard InChI is InChI=1S/C24H20Cl2/c1-23(2)19-9-13(25)5-7-15(19)17-12-22-18(11-21(17)23)16-8-6-14(26)10-20(16)24(22,3)4/h5-12H,1-4H3. The number of rotatable bonds is 0. The molecule has 2 aliphatic carbocycles. The molecule has 0 unspecified atom stereocenters. The molecule has 0 aromatic heterocycles. The Bertz CT molecular complexity index is 1010. The highest BCUT2D eigenvalue weighted by molar-refractivity contribution is 6.31. The molecule has 3 aromatic carbocycles. The second-order valence-corrected chi connectivity index (χ2v) is 9.45. The minimum Gasteiger partial charge on any atom is -0.0843 e. The van der Waals surface area contributed by atoms with Crippen molar-refractivity contribution in [3.63, 3.8) is 0 Å². The molecule has 0 amide bonds. The lowest BCUT2D eigenvalue weighted by atomic mass is 9.79. The maximum absolute atomic E-state index is 6.31. The molecular formula is C24H20Cl2. The van der Waals surface area contributed by atoms with Crippen LogP contribution in [0.25, 0.3) is 22.3 Å². The third kappa shape index (κ3) is 1.92. The maximum atomic E-state index is 6.31. The van der Waals surface area contributed by atoms with Crippen molar-refractivity contribution in [1.82, 2.24) is 0 Å². The van der Waals surface area contributed by atoms with E-state index < -0.39 is 0 Å². The fourth-order valence-electron chi connectivity index (χ4n) is 4.91. The van der Waals surface area contributed by atoms with Gasteiger partial charge in [-0.3, -0.25) is 0 Å². The van der Waals surface area contributed by atoms with Gasteiger partial charge >= 0.3 is 0 Å². The van der Waals surface area contributed by atoms with Crippen molar-refractivity contribution in [3.8, 4) is 22.3 Å². The Hall–Kier alpha value is -1.76. The fourth-order valence-corrected chi connectivity index (χ4v) is 5.25. The van der Waals surface area contributed by atoms with Gasteiger partial charge in [0.1, 0.15) is 0 Å². The first-order chi connectivity index (χ1) is 12.2. The van der Waals surface area contributed by atoms with Gasteiger partial charge < -0.3 is 0 Å². The van der Waals surface area contributed by atoms with Crippen LogP contribution in [0, 0.1) is 0 Å². The molecule has 0 radical (unpaired) electrons. The topological polar surface area (TPSA) is 0 Å². The SMILES string of the molecule is CC1(C)c2cc(Cl)ccc2-c2cc3c(cc21)-c1ccc(Cl)cc1C3(C)C. The first-order valence-electron chi connectivity index (χ1n) is 9.01. The van der Waals surface area contributed by atoms with Crippen LogP contribution in [0.4, 0.5) is 0 Å². The van der Waals surface area contributed by atoms with Crippen LogP contribution in [0.5, 0.6) is 0 Å². The smallest absolute Gasteiger partial charge is 0.0409 e. The molecule has 0 saturated carbocycles. The van der Waals surface area contributed by atoms with E-state index in [0.29, 0.717) is 0 Å². The van der Waals surface area contributed by atoms with E-state index in [1.807, 2.05) is 12.1 Å². The van der Waals surface area contributed by atoms with E-state index in [2.05, 4.69) is 64.1 Å². The molecule has 2 heteroatoms. The zero-order chi connectivity index (χ0) is 18.4. The summed E-state index contributed by atoms with van der Waals surface area (Å²) >= 11 is 12.6. The van der Waals surface area contributed by atoms with Gasteiger partial charge in [0, 0.05) is 20.9 Å². The molecule has 0 heterocycles. The molecule has 2 aliphatic rings. The van der Waals surface area contributed by atoms with Gasteiger partial charge in [0.05, 0.1) is 0 Å². The van der Waals surface area contributed by atoms with Crippen LogP contribution in [-0.2, 0) is 10.8 Å². The van der Waals surface area contributed by atoms with Gasteiger partial charge in [-0.2, -0.15) is 0 Å². The van der Waals surface area contributed by atoms with Crippen LogP contribution in [0.2, 0.25) is 10.0 Å². The lowest BCUT2D eigenvalue weighted by Gasteiger charge is -2.24. The Balaban J connectivity index is 1.84. The summed E-state index contributed by atoms with van der Waals surface area (Å²) in [7, 11) is 0. The van der Waals surface area contributed by atoms with Gasteiger partial charge in [-0.15, -0.1) is 0 Å². The first-order valence-corrected chi connectivity index (χ1v) is 9.76. The number of halogens is 2. The van der Waals surface area contributed by atoms with Crippen molar-refractivity contribution in [2.45, 2.75) is 38.5 Å². The molecule has 0 spiro atoms. The molecular weight excluding hydrogens is 359 g/mol. The van der Waals surface area contributed by atoms with Crippen LogP contribution >= 0.6 is 23.2 Å².